The van der Waals surface area contributed by atoms with Crippen molar-refractivity contribution in [1.82, 2.24) is 10.2 Å². The predicted octanol–water partition coefficient (Wildman–Crippen LogP) is 2.28. The Balaban J connectivity index is 2.01. The second kappa shape index (κ2) is 7.68. The molecular weight excluding hydrogens is 320 g/mol. The maximum atomic E-state index is 12.5. The van der Waals surface area contributed by atoms with Crippen LogP contribution in [0.2, 0.25) is 0 Å². The number of amides is 2. The zero-order chi connectivity index (χ0) is 18.6. The Labute approximate surface area is 148 Å². The molecule has 25 heavy (non-hydrogen) atoms. The van der Waals surface area contributed by atoms with Crippen LogP contribution in [0.5, 0.6) is 0 Å². The quantitative estimate of drug-likeness (QED) is 0.856. The SMILES string of the molecule is Cc1ccc(C(=O)NCC(=O)N(C)C2(C(=O)O)CCCCC2)cc1C. The maximum absolute atomic E-state index is 12.5. The largest absolute Gasteiger partial charge is 0.479 e. The number of nitrogens with one attached hydrogen (secondary N) is 1. The fourth-order valence-electron chi connectivity index (χ4n) is 3.33. The summed E-state index contributed by atoms with van der Waals surface area (Å²) in [5.41, 5.74) is 1.43. The van der Waals surface area contributed by atoms with Crippen LogP contribution >= 0.6 is 0 Å². The lowest BCUT2D eigenvalue weighted by Gasteiger charge is -2.41. The number of hydrogen-bond donors (Lipinski definition) is 2. The van der Waals surface area contributed by atoms with Gasteiger partial charge in [-0.2, -0.15) is 0 Å². The van der Waals surface area contributed by atoms with E-state index in [0.717, 1.165) is 30.4 Å². The van der Waals surface area contributed by atoms with Gasteiger partial charge in [-0.1, -0.05) is 25.3 Å². The third-order valence-electron chi connectivity index (χ3n) is 5.26. The van der Waals surface area contributed by atoms with Crippen molar-refractivity contribution in [1.29, 1.82) is 0 Å². The number of nitrogens with zero attached hydrogens (tertiary/aromatic N) is 1. The van der Waals surface area contributed by atoms with E-state index in [0.29, 0.717) is 18.4 Å². The van der Waals surface area contributed by atoms with Gasteiger partial charge in [-0.05, 0) is 49.9 Å². The molecule has 0 aromatic heterocycles. The maximum Gasteiger partial charge on any atom is 0.329 e. The van der Waals surface area contributed by atoms with E-state index in [-0.39, 0.29) is 18.4 Å². The number of carbonyl (C=O) groups is 3. The van der Waals surface area contributed by atoms with E-state index in [2.05, 4.69) is 5.32 Å². The van der Waals surface area contributed by atoms with Gasteiger partial charge in [-0.3, -0.25) is 9.59 Å². The highest BCUT2D eigenvalue weighted by molar-refractivity contribution is 5.97. The summed E-state index contributed by atoms with van der Waals surface area (Å²) < 4.78 is 0. The van der Waals surface area contributed by atoms with Gasteiger partial charge in [0.15, 0.2) is 0 Å². The van der Waals surface area contributed by atoms with Crippen LogP contribution in [-0.4, -0.2) is 46.9 Å². The van der Waals surface area contributed by atoms with E-state index in [1.165, 1.54) is 11.9 Å². The topological polar surface area (TPSA) is 86.7 Å². The highest BCUT2D eigenvalue weighted by Crippen LogP contribution is 2.33. The van der Waals surface area contributed by atoms with E-state index in [1.807, 2.05) is 19.9 Å². The van der Waals surface area contributed by atoms with Gasteiger partial charge >= 0.3 is 5.97 Å². The molecule has 1 aromatic carbocycles. The van der Waals surface area contributed by atoms with E-state index >= 15 is 0 Å². The Morgan fingerprint density at radius 2 is 1.76 bits per heavy atom. The Hall–Kier alpha value is -2.37. The van der Waals surface area contributed by atoms with Crippen LogP contribution in [0.15, 0.2) is 18.2 Å². The van der Waals surface area contributed by atoms with Crippen LogP contribution in [0.25, 0.3) is 0 Å². The summed E-state index contributed by atoms with van der Waals surface area (Å²) in [6.07, 6.45) is 3.48. The number of hydrogen-bond acceptors (Lipinski definition) is 3. The molecule has 2 N–H and O–H groups in total. The smallest absolute Gasteiger partial charge is 0.329 e. The molecule has 0 bridgehead atoms. The lowest BCUT2D eigenvalue weighted by molar-refractivity contribution is -0.159. The molecule has 0 aliphatic heterocycles. The van der Waals surface area contributed by atoms with Crippen molar-refractivity contribution < 1.29 is 19.5 Å². The molecule has 0 radical (unpaired) electrons. The van der Waals surface area contributed by atoms with E-state index in [1.54, 1.807) is 12.1 Å². The highest BCUT2D eigenvalue weighted by atomic mass is 16.4. The van der Waals surface area contributed by atoms with Gasteiger partial charge in [0, 0.05) is 12.6 Å². The number of aryl methyl sites for hydroxylation is 2. The van der Waals surface area contributed by atoms with Gasteiger partial charge in [0.25, 0.3) is 5.91 Å². The Bertz CT molecular complexity index is 678. The van der Waals surface area contributed by atoms with Crippen molar-refractivity contribution in [3.63, 3.8) is 0 Å². The first-order chi connectivity index (χ1) is 11.8. The number of benzene rings is 1. The molecule has 1 aliphatic carbocycles. The van der Waals surface area contributed by atoms with Gasteiger partial charge in [-0.25, -0.2) is 4.79 Å². The first-order valence-electron chi connectivity index (χ1n) is 8.63. The van der Waals surface area contributed by atoms with Gasteiger partial charge in [-0.15, -0.1) is 0 Å². The molecule has 0 unspecified atom stereocenters. The average Bonchev–Trinajstić information content (AvgIpc) is 2.61. The van der Waals surface area contributed by atoms with Crippen molar-refractivity contribution in [3.05, 3.63) is 34.9 Å². The minimum Gasteiger partial charge on any atom is -0.479 e. The van der Waals surface area contributed by atoms with Crippen LogP contribution in [0.4, 0.5) is 0 Å². The van der Waals surface area contributed by atoms with Gasteiger partial charge < -0.3 is 15.3 Å². The molecule has 2 amide bonds. The van der Waals surface area contributed by atoms with Crippen LogP contribution in [-0.2, 0) is 9.59 Å². The van der Waals surface area contributed by atoms with E-state index < -0.39 is 11.5 Å². The number of carboxylic acid groups (broad SMARTS) is 1. The van der Waals surface area contributed by atoms with Crippen LogP contribution in [0, 0.1) is 13.8 Å². The Morgan fingerprint density at radius 3 is 2.32 bits per heavy atom. The predicted molar refractivity (Wildman–Crippen MR) is 94.5 cm³/mol. The summed E-state index contributed by atoms with van der Waals surface area (Å²) >= 11 is 0. The summed E-state index contributed by atoms with van der Waals surface area (Å²) in [6.45, 7) is 3.67. The summed E-state index contributed by atoms with van der Waals surface area (Å²) in [5, 5.41) is 12.2. The molecule has 0 heterocycles. The molecule has 1 aliphatic rings. The molecule has 0 atom stereocenters. The lowest BCUT2D eigenvalue weighted by atomic mass is 9.80. The zero-order valence-corrected chi connectivity index (χ0v) is 15.1. The Kier molecular flexibility index (Phi) is 5.82. The number of likely N-dealkylation sites (N-methyl/N-ethyl adjacent to an activating group) is 1. The summed E-state index contributed by atoms with van der Waals surface area (Å²) in [4.78, 5) is 37.8. The number of rotatable bonds is 5. The zero-order valence-electron chi connectivity index (χ0n) is 15.1. The van der Waals surface area contributed by atoms with Crippen LogP contribution in [0.3, 0.4) is 0 Å². The van der Waals surface area contributed by atoms with E-state index in [4.69, 9.17) is 0 Å². The number of aliphatic carboxylic acids is 1. The first kappa shape index (κ1) is 19.0. The second-order valence-corrected chi connectivity index (χ2v) is 6.83. The van der Waals surface area contributed by atoms with Gasteiger partial charge in [0.05, 0.1) is 6.54 Å². The minimum atomic E-state index is -1.15. The number of carbonyl (C=O) groups excluding carboxylic acids is 2. The van der Waals surface area contributed by atoms with Crippen molar-refractivity contribution in [2.45, 2.75) is 51.5 Å². The fourth-order valence-corrected chi connectivity index (χ4v) is 3.33. The highest BCUT2D eigenvalue weighted by Gasteiger charge is 2.45. The van der Waals surface area contributed by atoms with Crippen LogP contribution in [0.1, 0.15) is 53.6 Å². The monoisotopic (exact) mass is 346 g/mol. The standard InChI is InChI=1S/C19H26N2O4/c1-13-7-8-15(11-14(13)2)17(23)20-12-16(22)21(3)19(18(24)25)9-5-4-6-10-19/h7-8,11H,4-6,9-10,12H2,1-3H3,(H,20,23)(H,24,25). The number of carboxylic acids is 1. The van der Waals surface area contributed by atoms with Crippen molar-refractivity contribution in [2.24, 2.45) is 0 Å². The average molecular weight is 346 g/mol. The third-order valence-corrected chi connectivity index (χ3v) is 5.26. The molecule has 1 aromatic rings. The summed E-state index contributed by atoms with van der Waals surface area (Å²) in [7, 11) is 1.52. The fraction of sp³-hybridized carbons (Fsp3) is 0.526. The van der Waals surface area contributed by atoms with Crippen LogP contribution < -0.4 is 5.32 Å². The molecule has 6 nitrogen and oxygen atoms in total. The Morgan fingerprint density at radius 1 is 1.12 bits per heavy atom. The lowest BCUT2D eigenvalue weighted by Crippen LogP contribution is -2.58. The first-order valence-corrected chi connectivity index (χ1v) is 8.63. The second-order valence-electron chi connectivity index (χ2n) is 6.83. The summed E-state index contributed by atoms with van der Waals surface area (Å²) in [6, 6.07) is 5.35. The van der Waals surface area contributed by atoms with E-state index in [9.17, 15) is 19.5 Å². The molecule has 1 fully saturated rings. The molecule has 136 valence electrons. The van der Waals surface area contributed by atoms with Gasteiger partial charge in [0.1, 0.15) is 5.54 Å². The molecule has 0 saturated heterocycles. The van der Waals surface area contributed by atoms with Crippen molar-refractivity contribution in [3.8, 4) is 0 Å². The molecule has 1 saturated carbocycles. The van der Waals surface area contributed by atoms with Gasteiger partial charge in [0.2, 0.25) is 5.91 Å². The minimum absolute atomic E-state index is 0.211. The normalized spacial score (nSPS) is 16.1. The molecule has 0 spiro atoms. The molecule has 2 rings (SSSR count). The third kappa shape index (κ3) is 4.00. The van der Waals surface area contributed by atoms with Crippen molar-refractivity contribution in [2.75, 3.05) is 13.6 Å². The molecule has 6 heteroatoms. The summed E-state index contributed by atoms with van der Waals surface area (Å²) in [5.74, 6) is -1.69. The molecular formula is C19H26N2O4. The van der Waals surface area contributed by atoms with Crippen molar-refractivity contribution >= 4 is 17.8 Å².